The highest BCUT2D eigenvalue weighted by atomic mass is 19.4. The van der Waals surface area contributed by atoms with Gasteiger partial charge in [0.15, 0.2) is 0 Å². The van der Waals surface area contributed by atoms with Crippen molar-refractivity contribution in [2.24, 2.45) is 11.8 Å². The van der Waals surface area contributed by atoms with E-state index < -0.39 is 53.3 Å². The SMILES string of the molecule is C#CCN1C(=O)C2C(c3cccc(OC(F)(F)F)c3)NC(Cc3c[nH]c4ccccc34)(C(=O)O)C2C1=O. The van der Waals surface area contributed by atoms with Gasteiger partial charge in [-0.2, -0.15) is 0 Å². The van der Waals surface area contributed by atoms with Crippen molar-refractivity contribution in [1.29, 1.82) is 0 Å². The fourth-order valence-corrected chi connectivity index (χ4v) is 5.51. The van der Waals surface area contributed by atoms with Gasteiger partial charge >= 0.3 is 12.3 Å². The van der Waals surface area contributed by atoms with Crippen LogP contribution in [0.1, 0.15) is 17.2 Å². The number of likely N-dealkylation sites (tertiary alicyclic amines) is 1. The summed E-state index contributed by atoms with van der Waals surface area (Å²) in [6.07, 6.45) is 1.86. The number of halogens is 3. The fraction of sp³-hybridized carbons (Fsp3) is 0.269. The maximum absolute atomic E-state index is 13.5. The molecule has 0 saturated carbocycles. The molecule has 2 fully saturated rings. The van der Waals surface area contributed by atoms with E-state index in [9.17, 15) is 32.7 Å². The van der Waals surface area contributed by atoms with Gasteiger partial charge in [0.2, 0.25) is 11.8 Å². The number of imide groups is 1. The van der Waals surface area contributed by atoms with E-state index in [4.69, 9.17) is 6.42 Å². The number of benzene rings is 2. The first-order valence-electron chi connectivity index (χ1n) is 11.3. The minimum atomic E-state index is -4.95. The van der Waals surface area contributed by atoms with Gasteiger partial charge in [0.25, 0.3) is 0 Å². The molecular formula is C26H20F3N3O5. The predicted octanol–water partition coefficient (Wildman–Crippen LogP) is 3.01. The molecule has 2 saturated heterocycles. The summed E-state index contributed by atoms with van der Waals surface area (Å²) in [6, 6.07) is 11.0. The summed E-state index contributed by atoms with van der Waals surface area (Å²) in [7, 11) is 0. The Kier molecular flexibility index (Phi) is 5.72. The molecule has 4 atom stereocenters. The maximum atomic E-state index is 13.5. The van der Waals surface area contributed by atoms with Crippen LogP contribution in [0.2, 0.25) is 0 Å². The maximum Gasteiger partial charge on any atom is 0.573 e. The number of hydrogen-bond acceptors (Lipinski definition) is 5. The third-order valence-corrected chi connectivity index (χ3v) is 6.97. The lowest BCUT2D eigenvalue weighted by atomic mass is 9.76. The first kappa shape index (κ1) is 24.4. The van der Waals surface area contributed by atoms with Crippen LogP contribution in [0.15, 0.2) is 54.7 Å². The number of terminal acetylenes is 1. The molecule has 5 rings (SSSR count). The van der Waals surface area contributed by atoms with E-state index >= 15 is 0 Å². The third kappa shape index (κ3) is 3.99. The van der Waals surface area contributed by atoms with Crippen LogP contribution in [0.3, 0.4) is 0 Å². The van der Waals surface area contributed by atoms with Gasteiger partial charge in [0.05, 0.1) is 18.4 Å². The second-order valence-electron chi connectivity index (χ2n) is 9.03. The zero-order valence-electron chi connectivity index (χ0n) is 19.1. The average molecular weight is 511 g/mol. The molecule has 2 amide bonds. The highest BCUT2D eigenvalue weighted by molar-refractivity contribution is 6.09. The quantitative estimate of drug-likeness (QED) is 0.347. The number of rotatable bonds is 6. The second kappa shape index (κ2) is 8.67. The zero-order valence-corrected chi connectivity index (χ0v) is 19.1. The van der Waals surface area contributed by atoms with Crippen LogP contribution in [-0.4, -0.2) is 51.2 Å². The molecule has 11 heteroatoms. The van der Waals surface area contributed by atoms with E-state index in [-0.39, 0.29) is 18.5 Å². The monoisotopic (exact) mass is 511 g/mol. The van der Waals surface area contributed by atoms with Crippen molar-refractivity contribution in [3.63, 3.8) is 0 Å². The number of ether oxygens (including phenoxy) is 1. The highest BCUT2D eigenvalue weighted by Gasteiger charge is 2.68. The lowest BCUT2D eigenvalue weighted by molar-refractivity contribution is -0.274. The molecular weight excluding hydrogens is 491 g/mol. The molecule has 2 aromatic carbocycles. The van der Waals surface area contributed by atoms with Crippen LogP contribution in [0.4, 0.5) is 13.2 Å². The molecule has 3 aromatic rings. The van der Waals surface area contributed by atoms with Crippen LogP contribution >= 0.6 is 0 Å². The summed E-state index contributed by atoms with van der Waals surface area (Å²) < 4.78 is 42.5. The van der Waals surface area contributed by atoms with Crippen LogP contribution in [-0.2, 0) is 20.8 Å². The molecule has 8 nitrogen and oxygen atoms in total. The molecule has 4 unspecified atom stereocenters. The van der Waals surface area contributed by atoms with Gasteiger partial charge in [-0.25, -0.2) is 0 Å². The van der Waals surface area contributed by atoms with Gasteiger partial charge in [-0.1, -0.05) is 36.3 Å². The number of carboxylic acids is 1. The number of H-pyrrole nitrogens is 1. The molecule has 2 aliphatic rings. The summed E-state index contributed by atoms with van der Waals surface area (Å²) in [5, 5.41) is 14.2. The molecule has 1 aromatic heterocycles. The van der Waals surface area contributed by atoms with Gasteiger partial charge in [-0.3, -0.25) is 24.6 Å². The van der Waals surface area contributed by atoms with Gasteiger partial charge in [0.1, 0.15) is 11.3 Å². The second-order valence-corrected chi connectivity index (χ2v) is 9.03. The summed E-state index contributed by atoms with van der Waals surface area (Å²) in [5.74, 6) is -3.65. The molecule has 190 valence electrons. The van der Waals surface area contributed by atoms with Crippen LogP contribution in [0, 0.1) is 24.2 Å². The van der Waals surface area contributed by atoms with Crippen molar-refractivity contribution in [2.75, 3.05) is 6.54 Å². The first-order valence-corrected chi connectivity index (χ1v) is 11.3. The van der Waals surface area contributed by atoms with Gasteiger partial charge < -0.3 is 14.8 Å². The fourth-order valence-electron chi connectivity index (χ4n) is 5.51. The molecule has 0 bridgehead atoms. The Hall–Kier alpha value is -4.30. The van der Waals surface area contributed by atoms with Crippen LogP contribution in [0.25, 0.3) is 10.9 Å². The van der Waals surface area contributed by atoms with Gasteiger partial charge in [0, 0.05) is 29.6 Å². The number of alkyl halides is 3. The number of carboxylic acid groups (broad SMARTS) is 1. The standard InChI is InChI=1S/C26H20F3N3O5/c1-2-10-32-22(33)19-20(23(32)34)25(24(35)36,12-15-13-30-18-9-4-3-8-17(15)18)31-21(19)14-6-5-7-16(11-14)37-26(27,28)29/h1,3-9,11,13,19-21,30-31H,10,12H2,(H,35,36). The number of carbonyl (C=O) groups is 3. The molecule has 0 radical (unpaired) electrons. The van der Waals surface area contributed by atoms with Crippen molar-refractivity contribution < 1.29 is 37.4 Å². The highest BCUT2D eigenvalue weighted by Crippen LogP contribution is 2.50. The van der Waals surface area contributed by atoms with E-state index in [2.05, 4.69) is 21.0 Å². The van der Waals surface area contributed by atoms with E-state index in [1.54, 1.807) is 18.3 Å². The largest absolute Gasteiger partial charge is 0.573 e. The van der Waals surface area contributed by atoms with E-state index in [0.717, 1.165) is 27.9 Å². The van der Waals surface area contributed by atoms with Gasteiger partial charge in [-0.15, -0.1) is 19.6 Å². The number of carbonyl (C=O) groups excluding carboxylic acids is 2. The van der Waals surface area contributed by atoms with Crippen molar-refractivity contribution >= 4 is 28.7 Å². The van der Waals surface area contributed by atoms with Crippen LogP contribution in [0.5, 0.6) is 5.75 Å². The minimum absolute atomic E-state index is 0.169. The lowest BCUT2D eigenvalue weighted by Gasteiger charge is -2.31. The van der Waals surface area contributed by atoms with Crippen molar-refractivity contribution in [3.8, 4) is 18.1 Å². The Morgan fingerprint density at radius 3 is 2.62 bits per heavy atom. The number of aliphatic carboxylic acids is 1. The molecule has 3 heterocycles. The number of hydrogen-bond donors (Lipinski definition) is 3. The van der Waals surface area contributed by atoms with E-state index in [1.165, 1.54) is 12.1 Å². The van der Waals surface area contributed by atoms with Crippen molar-refractivity contribution in [2.45, 2.75) is 24.4 Å². The van der Waals surface area contributed by atoms with Gasteiger partial charge in [-0.05, 0) is 29.3 Å². The summed E-state index contributed by atoms with van der Waals surface area (Å²) in [4.78, 5) is 43.6. The number of aromatic nitrogens is 1. The van der Waals surface area contributed by atoms with Crippen molar-refractivity contribution in [3.05, 3.63) is 65.9 Å². The number of fused-ring (bicyclic) bond motifs is 2. The first-order chi connectivity index (χ1) is 17.6. The summed E-state index contributed by atoms with van der Waals surface area (Å²) in [5.41, 5.74) is -0.432. The summed E-state index contributed by atoms with van der Waals surface area (Å²) in [6.45, 7) is -0.350. The Balaban J connectivity index is 1.63. The van der Waals surface area contributed by atoms with E-state index in [1.807, 2.05) is 12.1 Å². The van der Waals surface area contributed by atoms with E-state index in [0.29, 0.717) is 5.56 Å². The molecule has 2 aliphatic heterocycles. The topological polar surface area (TPSA) is 112 Å². The number of amides is 2. The molecule has 0 spiro atoms. The smallest absolute Gasteiger partial charge is 0.480 e. The average Bonchev–Trinajstić information content (AvgIpc) is 3.48. The molecule has 3 N–H and O–H groups in total. The Labute approximate surface area is 208 Å². The number of nitrogens with one attached hydrogen (secondary N) is 2. The Morgan fingerprint density at radius 1 is 1.16 bits per heavy atom. The third-order valence-electron chi connectivity index (χ3n) is 6.97. The normalized spacial score (nSPS) is 25.4. The predicted molar refractivity (Wildman–Crippen MR) is 124 cm³/mol. The Morgan fingerprint density at radius 2 is 1.92 bits per heavy atom. The molecule has 0 aliphatic carbocycles. The number of aromatic amines is 1. The lowest BCUT2D eigenvalue weighted by Crippen LogP contribution is -2.57. The minimum Gasteiger partial charge on any atom is -0.480 e. The Bertz CT molecular complexity index is 1460. The zero-order chi connectivity index (χ0) is 26.5. The van der Waals surface area contributed by atoms with Crippen molar-refractivity contribution in [1.82, 2.24) is 15.2 Å². The van der Waals surface area contributed by atoms with Crippen LogP contribution < -0.4 is 10.1 Å². The summed E-state index contributed by atoms with van der Waals surface area (Å²) >= 11 is 0. The number of nitrogens with zero attached hydrogens (tertiary/aromatic N) is 1. The number of para-hydroxylation sites is 1. The molecule has 37 heavy (non-hydrogen) atoms.